The molecule has 8 heteroatoms. The number of nitrogens with one attached hydrogen (secondary N) is 1. The molecule has 1 heterocycles. The first-order valence-electron chi connectivity index (χ1n) is 8.92. The number of benzene rings is 2. The van der Waals surface area contributed by atoms with Crippen LogP contribution < -0.4 is 5.32 Å². The van der Waals surface area contributed by atoms with Crippen LogP contribution in [0, 0.1) is 41.1 Å². The number of halogens is 1. The van der Waals surface area contributed by atoms with Crippen molar-refractivity contribution in [2.24, 2.45) is 0 Å². The van der Waals surface area contributed by atoms with Crippen molar-refractivity contribution in [1.29, 1.82) is 5.26 Å². The third kappa shape index (κ3) is 4.25. The number of nitrogens with zero attached hydrogens (tertiary/aromatic N) is 3. The molecule has 3 rings (SSSR count). The number of non-ortho nitro benzene ring substituents is 1. The molecule has 0 aliphatic rings. The van der Waals surface area contributed by atoms with Gasteiger partial charge in [-0.2, -0.15) is 5.26 Å². The summed E-state index contributed by atoms with van der Waals surface area (Å²) in [4.78, 5) is 23.1. The van der Waals surface area contributed by atoms with Crippen LogP contribution in [0.4, 0.5) is 15.8 Å². The second-order valence-electron chi connectivity index (χ2n) is 6.57. The van der Waals surface area contributed by atoms with E-state index in [1.54, 1.807) is 25.1 Å². The summed E-state index contributed by atoms with van der Waals surface area (Å²) < 4.78 is 14.8. The van der Waals surface area contributed by atoms with Gasteiger partial charge in [0.25, 0.3) is 11.6 Å². The molecule has 0 bridgehead atoms. The van der Waals surface area contributed by atoms with Gasteiger partial charge in [0.05, 0.1) is 10.6 Å². The van der Waals surface area contributed by atoms with Gasteiger partial charge in [-0.3, -0.25) is 14.9 Å². The molecule has 0 spiro atoms. The van der Waals surface area contributed by atoms with Gasteiger partial charge < -0.3 is 9.88 Å². The Morgan fingerprint density at radius 2 is 1.90 bits per heavy atom. The summed E-state index contributed by atoms with van der Waals surface area (Å²) in [6.45, 7) is 3.62. The standard InChI is InChI=1S/C22H17FN4O3/c1-14-10-16(15(2)26(14)20-4-3-5-21(12-20)27(29)30)11-17(13-24)22(28)25-19-8-6-18(23)7-9-19/h3-12H,1-2H3,(H,25,28). The van der Waals surface area contributed by atoms with E-state index in [1.807, 2.05) is 17.6 Å². The topological polar surface area (TPSA) is 101 Å². The van der Waals surface area contributed by atoms with Crippen LogP contribution >= 0.6 is 0 Å². The van der Waals surface area contributed by atoms with E-state index in [9.17, 15) is 24.6 Å². The zero-order chi connectivity index (χ0) is 21.8. The lowest BCUT2D eigenvalue weighted by molar-refractivity contribution is -0.384. The van der Waals surface area contributed by atoms with Crippen LogP contribution in [0.25, 0.3) is 11.8 Å². The van der Waals surface area contributed by atoms with Gasteiger partial charge in [0.1, 0.15) is 17.5 Å². The first kappa shape index (κ1) is 20.5. The minimum Gasteiger partial charge on any atom is -0.321 e. The maximum absolute atomic E-state index is 13.0. The fourth-order valence-electron chi connectivity index (χ4n) is 3.11. The number of carbonyl (C=O) groups is 1. The lowest BCUT2D eigenvalue weighted by Crippen LogP contribution is -2.13. The highest BCUT2D eigenvalue weighted by atomic mass is 19.1. The maximum Gasteiger partial charge on any atom is 0.271 e. The number of anilines is 1. The predicted molar refractivity (Wildman–Crippen MR) is 111 cm³/mol. The Hall–Kier alpha value is -4.25. The molecule has 0 aliphatic carbocycles. The second kappa shape index (κ2) is 8.41. The van der Waals surface area contributed by atoms with E-state index in [0.717, 1.165) is 11.4 Å². The summed E-state index contributed by atoms with van der Waals surface area (Å²) in [7, 11) is 0. The van der Waals surface area contributed by atoms with E-state index < -0.39 is 16.6 Å². The van der Waals surface area contributed by atoms with Crippen LogP contribution in [0.3, 0.4) is 0 Å². The van der Waals surface area contributed by atoms with Gasteiger partial charge >= 0.3 is 0 Å². The Kier molecular flexibility index (Phi) is 5.74. The molecule has 0 saturated carbocycles. The van der Waals surface area contributed by atoms with Crippen molar-refractivity contribution in [2.45, 2.75) is 13.8 Å². The molecule has 30 heavy (non-hydrogen) atoms. The number of aryl methyl sites for hydroxylation is 1. The van der Waals surface area contributed by atoms with Gasteiger partial charge in [0.15, 0.2) is 0 Å². The number of aromatic nitrogens is 1. The van der Waals surface area contributed by atoms with Crippen molar-refractivity contribution in [3.05, 3.63) is 93.1 Å². The summed E-state index contributed by atoms with van der Waals surface area (Å²) >= 11 is 0. The van der Waals surface area contributed by atoms with Crippen molar-refractivity contribution in [2.75, 3.05) is 5.32 Å². The number of nitro benzene ring substituents is 1. The molecule has 2 aromatic carbocycles. The van der Waals surface area contributed by atoms with Crippen LogP contribution in [-0.2, 0) is 4.79 Å². The van der Waals surface area contributed by atoms with Crippen LogP contribution in [0.2, 0.25) is 0 Å². The third-order valence-corrected chi connectivity index (χ3v) is 4.54. The predicted octanol–water partition coefficient (Wildman–Crippen LogP) is 4.69. The van der Waals surface area contributed by atoms with Gasteiger partial charge in [-0.05, 0) is 61.9 Å². The molecule has 0 radical (unpaired) electrons. The summed E-state index contributed by atoms with van der Waals surface area (Å²) in [6, 6.07) is 15.1. The average molecular weight is 404 g/mol. The first-order valence-corrected chi connectivity index (χ1v) is 8.92. The molecular weight excluding hydrogens is 387 g/mol. The maximum atomic E-state index is 13.0. The minimum absolute atomic E-state index is 0.0338. The summed E-state index contributed by atoms with van der Waals surface area (Å²) in [6.07, 6.45) is 1.45. The molecular formula is C22H17FN4O3. The van der Waals surface area contributed by atoms with E-state index in [-0.39, 0.29) is 11.3 Å². The molecule has 1 amide bonds. The molecule has 7 nitrogen and oxygen atoms in total. The smallest absolute Gasteiger partial charge is 0.271 e. The van der Waals surface area contributed by atoms with Gasteiger partial charge in [0.2, 0.25) is 0 Å². The van der Waals surface area contributed by atoms with Gasteiger partial charge in [-0.1, -0.05) is 6.07 Å². The summed E-state index contributed by atoms with van der Waals surface area (Å²) in [5.41, 5.74) is 2.94. The lowest BCUT2D eigenvalue weighted by atomic mass is 10.1. The zero-order valence-electron chi connectivity index (χ0n) is 16.2. The number of carbonyl (C=O) groups excluding carboxylic acids is 1. The first-order chi connectivity index (χ1) is 14.3. The van der Waals surface area contributed by atoms with E-state index >= 15 is 0 Å². The van der Waals surface area contributed by atoms with Crippen molar-refractivity contribution in [1.82, 2.24) is 4.57 Å². The molecule has 3 aromatic rings. The number of nitriles is 1. The van der Waals surface area contributed by atoms with Crippen molar-refractivity contribution >= 4 is 23.4 Å². The van der Waals surface area contributed by atoms with Gasteiger partial charge in [-0.15, -0.1) is 0 Å². The highest BCUT2D eigenvalue weighted by molar-refractivity contribution is 6.09. The van der Waals surface area contributed by atoms with E-state index in [2.05, 4.69) is 5.32 Å². The molecule has 0 atom stereocenters. The second-order valence-corrected chi connectivity index (χ2v) is 6.57. The fourth-order valence-corrected chi connectivity index (χ4v) is 3.11. The van der Waals surface area contributed by atoms with E-state index in [0.29, 0.717) is 16.9 Å². The Balaban J connectivity index is 1.94. The quantitative estimate of drug-likeness (QED) is 0.289. The van der Waals surface area contributed by atoms with Gasteiger partial charge in [-0.25, -0.2) is 4.39 Å². The highest BCUT2D eigenvalue weighted by Gasteiger charge is 2.15. The minimum atomic E-state index is -0.621. The molecule has 0 saturated heterocycles. The summed E-state index contributed by atoms with van der Waals surface area (Å²) in [5.74, 6) is -1.05. The van der Waals surface area contributed by atoms with Crippen molar-refractivity contribution in [3.63, 3.8) is 0 Å². The van der Waals surface area contributed by atoms with E-state index in [4.69, 9.17) is 0 Å². The van der Waals surface area contributed by atoms with Crippen molar-refractivity contribution < 1.29 is 14.1 Å². The van der Waals surface area contributed by atoms with Crippen LogP contribution in [0.15, 0.2) is 60.2 Å². The van der Waals surface area contributed by atoms with E-state index in [1.165, 1.54) is 42.5 Å². The number of rotatable bonds is 5. The number of hydrogen-bond donors (Lipinski definition) is 1. The molecule has 0 aliphatic heterocycles. The zero-order valence-corrected chi connectivity index (χ0v) is 16.2. The Bertz CT molecular complexity index is 1200. The van der Waals surface area contributed by atoms with Crippen LogP contribution in [0.5, 0.6) is 0 Å². The SMILES string of the molecule is Cc1cc(C=C(C#N)C(=O)Nc2ccc(F)cc2)c(C)n1-c1cccc([N+](=O)[O-])c1. The molecule has 150 valence electrons. The number of nitro groups is 1. The average Bonchev–Trinajstić information content (AvgIpc) is 3.00. The van der Waals surface area contributed by atoms with Crippen LogP contribution in [-0.4, -0.2) is 15.4 Å². The normalized spacial score (nSPS) is 11.1. The molecule has 0 fully saturated rings. The molecule has 1 N–H and O–H groups in total. The fraction of sp³-hybridized carbons (Fsp3) is 0.0909. The third-order valence-electron chi connectivity index (χ3n) is 4.54. The Morgan fingerprint density at radius 3 is 2.53 bits per heavy atom. The Labute approximate surface area is 171 Å². The lowest BCUT2D eigenvalue weighted by Gasteiger charge is -2.09. The highest BCUT2D eigenvalue weighted by Crippen LogP contribution is 2.25. The Morgan fingerprint density at radius 1 is 1.20 bits per heavy atom. The number of hydrogen-bond acceptors (Lipinski definition) is 4. The van der Waals surface area contributed by atoms with Crippen LogP contribution in [0.1, 0.15) is 17.0 Å². The van der Waals surface area contributed by atoms with Gasteiger partial charge in [0, 0.05) is 29.2 Å². The monoisotopic (exact) mass is 404 g/mol. The van der Waals surface area contributed by atoms with Crippen molar-refractivity contribution in [3.8, 4) is 11.8 Å². The molecule has 0 unspecified atom stereocenters. The molecule has 1 aromatic heterocycles. The number of amides is 1. The largest absolute Gasteiger partial charge is 0.321 e. The summed E-state index contributed by atoms with van der Waals surface area (Å²) in [5, 5.41) is 23.1.